The third kappa shape index (κ3) is 4.62. The van der Waals surface area contributed by atoms with Crippen molar-refractivity contribution in [1.82, 2.24) is 0 Å². The van der Waals surface area contributed by atoms with Gasteiger partial charge in [0.1, 0.15) is 0 Å². The van der Waals surface area contributed by atoms with E-state index in [1.54, 1.807) is 0 Å². The fourth-order valence-electron chi connectivity index (χ4n) is 8.94. The number of hydrogen-bond donors (Lipinski definition) is 0. The van der Waals surface area contributed by atoms with E-state index in [0.717, 1.165) is 17.1 Å². The molecule has 1 aliphatic carbocycles. The molecule has 0 fully saturated rings. The molecule has 0 unspecified atom stereocenters. The van der Waals surface area contributed by atoms with Crippen molar-refractivity contribution in [2.24, 2.45) is 0 Å². The Bertz CT molecular complexity index is 3110. The second-order valence-electron chi connectivity index (χ2n) is 15.0. The minimum atomic E-state index is -0.104. The van der Waals surface area contributed by atoms with Crippen LogP contribution in [0.4, 0.5) is 17.1 Å². The van der Waals surface area contributed by atoms with Crippen molar-refractivity contribution in [3.63, 3.8) is 0 Å². The van der Waals surface area contributed by atoms with Gasteiger partial charge in [-0.15, -0.1) is 11.3 Å². The number of nitrogens with zero attached hydrogens (tertiary/aromatic N) is 1. The van der Waals surface area contributed by atoms with Crippen LogP contribution in [0.15, 0.2) is 176 Å². The standard InChI is InChI=1S/C51H35NS/c1-51(2)45-25-23-38(30-44(45)43-28-35-14-5-6-15-36(35)29-46(43)51)52(39-22-24-42-41-17-9-10-18-48(41)53-49(42)31-39)47-26-21-33-12-7-8-16-40(33)50(47)37-20-19-32-11-3-4-13-34(32)27-37/h3-31H,1-2H3. The lowest BCUT2D eigenvalue weighted by Crippen LogP contribution is -2.15. The van der Waals surface area contributed by atoms with E-state index in [9.17, 15) is 0 Å². The Balaban J connectivity index is 1.20. The largest absolute Gasteiger partial charge is 0.310 e. The minimum Gasteiger partial charge on any atom is -0.310 e. The van der Waals surface area contributed by atoms with E-state index in [1.165, 1.54) is 85.9 Å². The Labute approximate surface area is 313 Å². The molecule has 10 aromatic rings. The second-order valence-corrected chi connectivity index (χ2v) is 16.0. The van der Waals surface area contributed by atoms with Crippen LogP contribution in [0.25, 0.3) is 74.7 Å². The van der Waals surface area contributed by atoms with Crippen molar-refractivity contribution in [1.29, 1.82) is 0 Å². The van der Waals surface area contributed by atoms with Gasteiger partial charge in [-0.05, 0) is 115 Å². The molecule has 1 heterocycles. The summed E-state index contributed by atoms with van der Waals surface area (Å²) in [5, 5.41) is 10.2. The lowest BCUT2D eigenvalue weighted by atomic mass is 9.82. The average molecular weight is 694 g/mol. The molecule has 0 spiro atoms. The zero-order valence-electron chi connectivity index (χ0n) is 29.6. The Morgan fingerprint density at radius 1 is 0.415 bits per heavy atom. The smallest absolute Gasteiger partial charge is 0.0546 e. The monoisotopic (exact) mass is 693 g/mol. The first-order chi connectivity index (χ1) is 26.0. The van der Waals surface area contributed by atoms with Gasteiger partial charge in [0.05, 0.1) is 5.69 Å². The average Bonchev–Trinajstić information content (AvgIpc) is 3.67. The first-order valence-corrected chi connectivity index (χ1v) is 19.2. The highest BCUT2D eigenvalue weighted by Crippen LogP contribution is 2.53. The van der Waals surface area contributed by atoms with Crippen LogP contribution in [0.1, 0.15) is 25.0 Å². The van der Waals surface area contributed by atoms with E-state index in [1.807, 2.05) is 11.3 Å². The predicted molar refractivity (Wildman–Crippen MR) is 230 cm³/mol. The summed E-state index contributed by atoms with van der Waals surface area (Å²) in [6, 6.07) is 65.6. The van der Waals surface area contributed by atoms with Crippen molar-refractivity contribution in [3.8, 4) is 22.3 Å². The summed E-state index contributed by atoms with van der Waals surface area (Å²) in [6.07, 6.45) is 0. The van der Waals surface area contributed by atoms with E-state index >= 15 is 0 Å². The van der Waals surface area contributed by atoms with Crippen molar-refractivity contribution in [3.05, 3.63) is 187 Å². The van der Waals surface area contributed by atoms with E-state index in [0.29, 0.717) is 0 Å². The van der Waals surface area contributed by atoms with Crippen molar-refractivity contribution in [2.45, 2.75) is 19.3 Å². The number of anilines is 3. The lowest BCUT2D eigenvalue weighted by Gasteiger charge is -2.30. The van der Waals surface area contributed by atoms with Gasteiger partial charge in [0.2, 0.25) is 0 Å². The fourth-order valence-corrected chi connectivity index (χ4v) is 10.1. The lowest BCUT2D eigenvalue weighted by molar-refractivity contribution is 0.661. The molecule has 9 aromatic carbocycles. The maximum Gasteiger partial charge on any atom is 0.0546 e. The van der Waals surface area contributed by atoms with Gasteiger partial charge in [0.15, 0.2) is 0 Å². The van der Waals surface area contributed by atoms with Crippen LogP contribution in [-0.4, -0.2) is 0 Å². The number of rotatable bonds is 4. The molecule has 0 bridgehead atoms. The zero-order valence-corrected chi connectivity index (χ0v) is 30.4. The molecule has 0 radical (unpaired) electrons. The molecule has 0 saturated carbocycles. The summed E-state index contributed by atoms with van der Waals surface area (Å²) in [6.45, 7) is 4.75. The van der Waals surface area contributed by atoms with Gasteiger partial charge in [-0.1, -0.05) is 135 Å². The van der Waals surface area contributed by atoms with Gasteiger partial charge in [-0.2, -0.15) is 0 Å². The highest BCUT2D eigenvalue weighted by Gasteiger charge is 2.36. The second kappa shape index (κ2) is 11.4. The van der Waals surface area contributed by atoms with Gasteiger partial charge in [-0.3, -0.25) is 0 Å². The topological polar surface area (TPSA) is 3.24 Å². The summed E-state index contributed by atoms with van der Waals surface area (Å²) < 4.78 is 2.61. The van der Waals surface area contributed by atoms with Crippen LogP contribution in [-0.2, 0) is 5.41 Å². The molecular weight excluding hydrogens is 659 g/mol. The Morgan fingerprint density at radius 3 is 1.85 bits per heavy atom. The van der Waals surface area contributed by atoms with Gasteiger partial charge in [-0.25, -0.2) is 0 Å². The predicted octanol–water partition coefficient (Wildman–Crippen LogP) is 15.0. The third-order valence-corrected chi connectivity index (χ3v) is 12.7. The molecule has 1 nitrogen and oxygen atoms in total. The van der Waals surface area contributed by atoms with Crippen LogP contribution in [0.2, 0.25) is 0 Å². The van der Waals surface area contributed by atoms with Crippen molar-refractivity contribution < 1.29 is 0 Å². The van der Waals surface area contributed by atoms with E-state index in [2.05, 4.69) is 195 Å². The molecule has 2 heteroatoms. The number of benzene rings is 9. The molecule has 250 valence electrons. The summed E-state index contributed by atoms with van der Waals surface area (Å²) in [5.41, 5.74) is 11.2. The molecule has 0 N–H and O–H groups in total. The fraction of sp³-hybridized carbons (Fsp3) is 0.0588. The molecule has 0 amide bonds. The molecule has 0 aliphatic heterocycles. The van der Waals surface area contributed by atoms with Crippen LogP contribution < -0.4 is 4.90 Å². The van der Waals surface area contributed by atoms with Gasteiger partial charge < -0.3 is 4.90 Å². The summed E-state index contributed by atoms with van der Waals surface area (Å²) in [7, 11) is 0. The maximum absolute atomic E-state index is 2.51. The quantitative estimate of drug-likeness (QED) is 0.177. The maximum atomic E-state index is 2.51. The first-order valence-electron chi connectivity index (χ1n) is 18.4. The molecule has 0 atom stereocenters. The Kier molecular flexibility index (Phi) is 6.53. The normalized spacial score (nSPS) is 13.2. The Morgan fingerprint density at radius 2 is 1.02 bits per heavy atom. The number of hydrogen-bond acceptors (Lipinski definition) is 2. The van der Waals surface area contributed by atoms with Crippen LogP contribution >= 0.6 is 11.3 Å². The SMILES string of the molecule is CC1(C)c2ccc(N(c3ccc4c(c3)sc3ccccc34)c3ccc4ccccc4c3-c3ccc4ccccc4c3)cc2-c2cc3ccccc3cc21. The highest BCUT2D eigenvalue weighted by atomic mass is 32.1. The highest BCUT2D eigenvalue weighted by molar-refractivity contribution is 7.25. The first kappa shape index (κ1) is 30.4. The molecular formula is C51H35NS. The van der Waals surface area contributed by atoms with Gasteiger partial charge in [0, 0.05) is 42.5 Å². The zero-order chi connectivity index (χ0) is 35.3. The number of thiophene rings is 1. The van der Waals surface area contributed by atoms with Crippen LogP contribution in [0, 0.1) is 0 Å². The molecule has 53 heavy (non-hydrogen) atoms. The van der Waals surface area contributed by atoms with Crippen LogP contribution in [0.3, 0.4) is 0 Å². The molecule has 11 rings (SSSR count). The van der Waals surface area contributed by atoms with Crippen LogP contribution in [0.5, 0.6) is 0 Å². The minimum absolute atomic E-state index is 0.104. The van der Waals surface area contributed by atoms with E-state index in [4.69, 9.17) is 0 Å². The number of fused-ring (bicyclic) bond motifs is 9. The summed E-state index contributed by atoms with van der Waals surface area (Å²) in [4.78, 5) is 2.51. The third-order valence-electron chi connectivity index (χ3n) is 11.6. The molecule has 0 saturated heterocycles. The van der Waals surface area contributed by atoms with Crippen molar-refractivity contribution >= 4 is 80.9 Å². The molecule has 1 aliphatic rings. The van der Waals surface area contributed by atoms with E-state index in [-0.39, 0.29) is 5.41 Å². The van der Waals surface area contributed by atoms with Crippen molar-refractivity contribution in [2.75, 3.05) is 4.90 Å². The van der Waals surface area contributed by atoms with E-state index < -0.39 is 0 Å². The summed E-state index contributed by atoms with van der Waals surface area (Å²) in [5.74, 6) is 0. The van der Waals surface area contributed by atoms with Gasteiger partial charge >= 0.3 is 0 Å². The summed E-state index contributed by atoms with van der Waals surface area (Å²) >= 11 is 1.87. The Hall–Kier alpha value is -6.22. The van der Waals surface area contributed by atoms with Gasteiger partial charge in [0.25, 0.3) is 0 Å². The molecule has 1 aromatic heterocycles.